The molecule has 0 unspecified atom stereocenters. The van der Waals surface area contributed by atoms with E-state index in [-0.39, 0.29) is 12.2 Å². The summed E-state index contributed by atoms with van der Waals surface area (Å²) in [5.74, 6) is 1.07. The van der Waals surface area contributed by atoms with Gasteiger partial charge < -0.3 is 9.84 Å². The van der Waals surface area contributed by atoms with E-state index in [0.29, 0.717) is 16.6 Å². The number of benzene rings is 1. The average molecular weight is 286 g/mol. The van der Waals surface area contributed by atoms with Crippen molar-refractivity contribution in [2.75, 3.05) is 7.11 Å². The molecule has 0 aliphatic carbocycles. The summed E-state index contributed by atoms with van der Waals surface area (Å²) in [7, 11) is 3.12. The molecule has 1 aromatic carbocycles. The molecule has 0 saturated carbocycles. The third-order valence-corrected chi connectivity index (χ3v) is 2.49. The van der Waals surface area contributed by atoms with Crippen molar-refractivity contribution in [1.82, 2.24) is 14.8 Å². The standard InChI is InChI=1S/C10H10ClN3O2.CH2O2/c1-14-10(15)12-9(13-14)6-3-4-8(16-2)7(11)5-6;2-1-3/h3-5H,1-2H3,(H,12,13,15);1H,(H,2,3). The second-order valence-corrected chi connectivity index (χ2v) is 3.76. The van der Waals surface area contributed by atoms with E-state index in [1.165, 1.54) is 4.68 Å². The van der Waals surface area contributed by atoms with Crippen LogP contribution in [-0.4, -0.2) is 33.5 Å². The normalized spacial score (nSPS) is 9.42. The van der Waals surface area contributed by atoms with Gasteiger partial charge in [0.1, 0.15) is 5.75 Å². The lowest BCUT2D eigenvalue weighted by atomic mass is 10.2. The second-order valence-electron chi connectivity index (χ2n) is 3.36. The third kappa shape index (κ3) is 3.59. The van der Waals surface area contributed by atoms with Gasteiger partial charge in [-0.2, -0.15) is 5.10 Å². The van der Waals surface area contributed by atoms with Crippen molar-refractivity contribution >= 4 is 18.1 Å². The highest BCUT2D eigenvalue weighted by molar-refractivity contribution is 6.32. The molecule has 0 atom stereocenters. The zero-order valence-electron chi connectivity index (χ0n) is 10.3. The monoisotopic (exact) mass is 285 g/mol. The number of aromatic amines is 1. The molecule has 2 N–H and O–H groups in total. The van der Waals surface area contributed by atoms with E-state index in [9.17, 15) is 4.79 Å². The van der Waals surface area contributed by atoms with Crippen molar-refractivity contribution in [3.05, 3.63) is 33.7 Å². The van der Waals surface area contributed by atoms with E-state index in [2.05, 4.69) is 10.1 Å². The van der Waals surface area contributed by atoms with Gasteiger partial charge in [0.25, 0.3) is 6.47 Å². The lowest BCUT2D eigenvalue weighted by Crippen LogP contribution is -2.13. The highest BCUT2D eigenvalue weighted by Gasteiger charge is 2.07. The zero-order chi connectivity index (χ0) is 14.4. The summed E-state index contributed by atoms with van der Waals surface area (Å²) in [6.45, 7) is -0.250. The van der Waals surface area contributed by atoms with Crippen LogP contribution < -0.4 is 10.4 Å². The molecular formula is C11H12ClN3O4. The van der Waals surface area contributed by atoms with Crippen LogP contribution in [0.2, 0.25) is 5.02 Å². The van der Waals surface area contributed by atoms with Crippen LogP contribution in [0.1, 0.15) is 0 Å². The zero-order valence-corrected chi connectivity index (χ0v) is 11.0. The van der Waals surface area contributed by atoms with Gasteiger partial charge in [-0.1, -0.05) is 11.6 Å². The number of hydrogen-bond donors (Lipinski definition) is 2. The summed E-state index contributed by atoms with van der Waals surface area (Å²) in [5, 5.41) is 11.4. The molecular weight excluding hydrogens is 274 g/mol. The predicted octanol–water partition coefficient (Wildman–Crippen LogP) is 1.14. The van der Waals surface area contributed by atoms with Gasteiger partial charge in [0.05, 0.1) is 12.1 Å². The maximum absolute atomic E-state index is 11.2. The van der Waals surface area contributed by atoms with E-state index in [4.69, 9.17) is 26.2 Å². The number of nitrogens with zero attached hydrogens (tertiary/aromatic N) is 2. The maximum atomic E-state index is 11.2. The molecule has 102 valence electrons. The topological polar surface area (TPSA) is 97.2 Å². The van der Waals surface area contributed by atoms with Crippen LogP contribution in [-0.2, 0) is 11.8 Å². The first-order valence-corrected chi connectivity index (χ1v) is 5.46. The van der Waals surface area contributed by atoms with Gasteiger partial charge in [0.2, 0.25) is 0 Å². The molecule has 0 aliphatic heterocycles. The third-order valence-electron chi connectivity index (χ3n) is 2.19. The van der Waals surface area contributed by atoms with Gasteiger partial charge >= 0.3 is 5.69 Å². The van der Waals surface area contributed by atoms with Gasteiger partial charge in [0.15, 0.2) is 5.82 Å². The number of carboxylic acid groups (broad SMARTS) is 1. The highest BCUT2D eigenvalue weighted by Crippen LogP contribution is 2.28. The lowest BCUT2D eigenvalue weighted by Gasteiger charge is -2.03. The predicted molar refractivity (Wildman–Crippen MR) is 69.5 cm³/mol. The van der Waals surface area contributed by atoms with Crippen molar-refractivity contribution in [2.24, 2.45) is 7.05 Å². The summed E-state index contributed by atoms with van der Waals surface area (Å²) >= 11 is 5.97. The minimum atomic E-state index is -0.262. The maximum Gasteiger partial charge on any atom is 0.343 e. The molecule has 0 spiro atoms. The number of rotatable bonds is 2. The quantitative estimate of drug-likeness (QED) is 0.806. The molecule has 0 aliphatic rings. The van der Waals surface area contributed by atoms with Crippen LogP contribution in [0.5, 0.6) is 5.75 Å². The number of hydrogen-bond acceptors (Lipinski definition) is 4. The van der Waals surface area contributed by atoms with Crippen molar-refractivity contribution in [1.29, 1.82) is 0 Å². The van der Waals surface area contributed by atoms with Crippen molar-refractivity contribution in [2.45, 2.75) is 0 Å². The van der Waals surface area contributed by atoms with E-state index in [1.54, 1.807) is 32.4 Å². The summed E-state index contributed by atoms with van der Waals surface area (Å²) < 4.78 is 6.26. The second kappa shape index (κ2) is 6.60. The van der Waals surface area contributed by atoms with E-state index in [1.807, 2.05) is 0 Å². The Bertz CT molecular complexity index is 621. The molecule has 0 bridgehead atoms. The molecule has 1 aromatic heterocycles. The van der Waals surface area contributed by atoms with Gasteiger partial charge in [-0.15, -0.1) is 0 Å². The molecule has 0 saturated heterocycles. The average Bonchev–Trinajstić information content (AvgIpc) is 2.70. The largest absolute Gasteiger partial charge is 0.495 e. The molecule has 0 fully saturated rings. The van der Waals surface area contributed by atoms with Crippen LogP contribution in [0.25, 0.3) is 11.4 Å². The number of nitrogens with one attached hydrogen (secondary N) is 1. The van der Waals surface area contributed by atoms with Gasteiger partial charge in [-0.05, 0) is 18.2 Å². The van der Waals surface area contributed by atoms with Crippen LogP contribution in [0, 0.1) is 0 Å². The SMILES string of the molecule is COc1ccc(-c2nn(C)c(=O)[nH]2)cc1Cl.O=CO. The Morgan fingerprint density at radius 2 is 2.16 bits per heavy atom. The summed E-state index contributed by atoms with van der Waals surface area (Å²) in [4.78, 5) is 22.2. The Labute approximate surface area is 113 Å². The van der Waals surface area contributed by atoms with Crippen molar-refractivity contribution in [3.63, 3.8) is 0 Å². The molecule has 0 radical (unpaired) electrons. The fourth-order valence-electron chi connectivity index (χ4n) is 1.35. The molecule has 2 aromatic rings. The minimum absolute atomic E-state index is 0.250. The molecule has 8 heteroatoms. The Morgan fingerprint density at radius 3 is 2.58 bits per heavy atom. The van der Waals surface area contributed by atoms with Gasteiger partial charge in [0, 0.05) is 12.6 Å². The number of H-pyrrole nitrogens is 1. The molecule has 19 heavy (non-hydrogen) atoms. The Kier molecular flexibility index (Phi) is 5.13. The number of carbonyl (C=O) groups is 1. The number of aryl methyl sites for hydroxylation is 1. The molecule has 1 heterocycles. The first-order chi connectivity index (χ1) is 9.03. The summed E-state index contributed by atoms with van der Waals surface area (Å²) in [6, 6.07) is 5.20. The Morgan fingerprint density at radius 1 is 1.53 bits per heavy atom. The van der Waals surface area contributed by atoms with Crippen LogP contribution >= 0.6 is 11.6 Å². The Balaban J connectivity index is 0.000000550. The van der Waals surface area contributed by atoms with Crippen LogP contribution in [0.4, 0.5) is 0 Å². The fourth-order valence-corrected chi connectivity index (χ4v) is 1.60. The number of ether oxygens (including phenoxy) is 1. The van der Waals surface area contributed by atoms with Crippen molar-refractivity contribution in [3.8, 4) is 17.1 Å². The van der Waals surface area contributed by atoms with Gasteiger partial charge in [-0.25, -0.2) is 9.48 Å². The Hall–Kier alpha value is -2.28. The molecule has 2 rings (SSSR count). The van der Waals surface area contributed by atoms with Crippen LogP contribution in [0.3, 0.4) is 0 Å². The smallest absolute Gasteiger partial charge is 0.343 e. The molecule has 7 nitrogen and oxygen atoms in total. The molecule has 0 amide bonds. The van der Waals surface area contributed by atoms with Crippen LogP contribution in [0.15, 0.2) is 23.0 Å². The number of halogens is 1. The van der Waals surface area contributed by atoms with E-state index < -0.39 is 0 Å². The minimum Gasteiger partial charge on any atom is -0.495 e. The first kappa shape index (κ1) is 14.8. The number of methoxy groups -OCH3 is 1. The summed E-state index contributed by atoms with van der Waals surface area (Å²) in [6.07, 6.45) is 0. The number of aromatic nitrogens is 3. The summed E-state index contributed by atoms with van der Waals surface area (Å²) in [5.41, 5.74) is 0.477. The first-order valence-electron chi connectivity index (χ1n) is 5.08. The van der Waals surface area contributed by atoms with Crippen molar-refractivity contribution < 1.29 is 14.6 Å². The highest BCUT2D eigenvalue weighted by atomic mass is 35.5. The lowest BCUT2D eigenvalue weighted by molar-refractivity contribution is -0.122. The van der Waals surface area contributed by atoms with E-state index >= 15 is 0 Å². The van der Waals surface area contributed by atoms with E-state index in [0.717, 1.165) is 5.56 Å². The fraction of sp³-hybridized carbons (Fsp3) is 0.182. The van der Waals surface area contributed by atoms with Gasteiger partial charge in [-0.3, -0.25) is 9.78 Å².